The van der Waals surface area contributed by atoms with E-state index in [-0.39, 0.29) is 12.3 Å². The highest BCUT2D eigenvalue weighted by molar-refractivity contribution is 7.70. The van der Waals surface area contributed by atoms with Crippen LogP contribution in [0.2, 0.25) is 0 Å². The smallest absolute Gasteiger partial charge is 0.278 e. The van der Waals surface area contributed by atoms with Gasteiger partial charge in [0.25, 0.3) is 14.7 Å². The Labute approximate surface area is 187 Å². The van der Waals surface area contributed by atoms with Gasteiger partial charge in [-0.05, 0) is 42.2 Å². The minimum Gasteiger partial charge on any atom is -0.439 e. The largest absolute Gasteiger partial charge is 0.439 e. The molecule has 0 N–H and O–H groups in total. The molecule has 1 aliphatic carbocycles. The molecule has 3 aromatic rings. The maximum atomic E-state index is 14.2. The quantitative estimate of drug-likeness (QED) is 0.392. The highest BCUT2D eigenvalue weighted by atomic mass is 31.2. The fourth-order valence-electron chi connectivity index (χ4n) is 4.82. The van der Waals surface area contributed by atoms with E-state index >= 15 is 0 Å². The molecule has 1 unspecified atom stereocenters. The number of fused-ring (bicyclic) bond motifs is 5. The van der Waals surface area contributed by atoms with E-state index < -0.39 is 14.7 Å². The zero-order chi connectivity index (χ0) is 21.8. The van der Waals surface area contributed by atoms with Gasteiger partial charge >= 0.3 is 0 Å². The Morgan fingerprint density at radius 2 is 1.28 bits per heavy atom. The molecule has 0 aromatic heterocycles. The predicted octanol–water partition coefficient (Wildman–Crippen LogP) is 7.08. The molecule has 160 valence electrons. The van der Waals surface area contributed by atoms with E-state index in [2.05, 4.69) is 0 Å². The molecular formula is C26H22O4P2. The number of benzene rings is 3. The zero-order valence-corrected chi connectivity index (χ0v) is 19.2. The van der Waals surface area contributed by atoms with Crippen molar-refractivity contribution in [3.8, 4) is 22.6 Å². The Kier molecular flexibility index (Phi) is 4.57. The molecule has 6 heteroatoms. The Morgan fingerprint density at radius 3 is 2.09 bits per heavy atom. The van der Waals surface area contributed by atoms with Crippen molar-refractivity contribution in [3.05, 3.63) is 95.8 Å². The first-order valence-corrected chi connectivity index (χ1v) is 14.5. The molecule has 3 aromatic carbocycles. The fraction of sp³-hybridized carbons (Fsp3) is 0.154. The number of hydrogen-bond acceptors (Lipinski definition) is 4. The summed E-state index contributed by atoms with van der Waals surface area (Å²) in [6.07, 6.45) is 6.06. The summed E-state index contributed by atoms with van der Waals surface area (Å²) in [6.45, 7) is 0. The second-order valence-corrected chi connectivity index (χ2v) is 13.2. The van der Waals surface area contributed by atoms with Crippen molar-refractivity contribution in [1.82, 2.24) is 0 Å². The van der Waals surface area contributed by atoms with Crippen molar-refractivity contribution in [2.45, 2.75) is 12.8 Å². The van der Waals surface area contributed by atoms with Gasteiger partial charge in [0.2, 0.25) is 0 Å². The average Bonchev–Trinajstić information content (AvgIpc) is 2.84. The van der Waals surface area contributed by atoms with Gasteiger partial charge in [0.1, 0.15) is 11.5 Å². The first-order valence-electron chi connectivity index (χ1n) is 10.8. The first kappa shape index (κ1) is 19.9. The molecule has 0 radical (unpaired) electrons. The van der Waals surface area contributed by atoms with Crippen molar-refractivity contribution in [2.75, 3.05) is 12.3 Å². The Hall–Kier alpha value is -2.80. The van der Waals surface area contributed by atoms with Gasteiger partial charge in [-0.2, -0.15) is 0 Å². The second-order valence-electron chi connectivity index (χ2n) is 8.29. The van der Waals surface area contributed by atoms with Crippen LogP contribution in [-0.2, 0) is 9.13 Å². The summed E-state index contributed by atoms with van der Waals surface area (Å²) in [7, 11) is -6.52. The lowest BCUT2D eigenvalue weighted by atomic mass is 9.96. The van der Waals surface area contributed by atoms with Crippen LogP contribution >= 0.6 is 14.7 Å². The van der Waals surface area contributed by atoms with Crippen molar-refractivity contribution in [2.24, 2.45) is 0 Å². The number of para-hydroxylation sites is 2. The van der Waals surface area contributed by atoms with Gasteiger partial charge < -0.3 is 9.05 Å². The van der Waals surface area contributed by atoms with E-state index in [1.807, 2.05) is 84.9 Å². The fourth-order valence-corrected chi connectivity index (χ4v) is 10.6. The molecule has 0 bridgehead atoms. The van der Waals surface area contributed by atoms with Gasteiger partial charge in [-0.3, -0.25) is 9.13 Å². The molecule has 0 saturated carbocycles. The summed E-state index contributed by atoms with van der Waals surface area (Å²) < 4.78 is 40.7. The van der Waals surface area contributed by atoms with Crippen LogP contribution in [0.4, 0.5) is 0 Å². The Morgan fingerprint density at radius 1 is 0.688 bits per heavy atom. The van der Waals surface area contributed by atoms with E-state index in [1.165, 1.54) is 0 Å². The van der Waals surface area contributed by atoms with Crippen molar-refractivity contribution < 1.29 is 18.2 Å². The summed E-state index contributed by atoms with van der Waals surface area (Å²) in [5.74, 6) is 1.26. The van der Waals surface area contributed by atoms with Gasteiger partial charge in [0.15, 0.2) is 0 Å². The van der Waals surface area contributed by atoms with Crippen molar-refractivity contribution >= 4 is 25.6 Å². The lowest BCUT2D eigenvalue weighted by Crippen LogP contribution is -2.22. The highest BCUT2D eigenvalue weighted by Crippen LogP contribution is 2.65. The van der Waals surface area contributed by atoms with Crippen molar-refractivity contribution in [3.63, 3.8) is 0 Å². The van der Waals surface area contributed by atoms with Gasteiger partial charge in [-0.1, -0.05) is 66.7 Å². The molecule has 2 aliphatic heterocycles. The third kappa shape index (κ3) is 3.05. The maximum absolute atomic E-state index is 14.2. The van der Waals surface area contributed by atoms with Gasteiger partial charge in [-0.25, -0.2) is 0 Å². The molecule has 3 aliphatic rings. The predicted molar refractivity (Wildman–Crippen MR) is 129 cm³/mol. The third-order valence-electron chi connectivity index (χ3n) is 6.35. The van der Waals surface area contributed by atoms with Crippen LogP contribution < -0.4 is 14.4 Å². The Bertz CT molecular complexity index is 1400. The van der Waals surface area contributed by atoms with Crippen LogP contribution in [0.25, 0.3) is 16.7 Å². The molecule has 32 heavy (non-hydrogen) atoms. The molecule has 0 saturated heterocycles. The van der Waals surface area contributed by atoms with Gasteiger partial charge in [-0.15, -0.1) is 0 Å². The van der Waals surface area contributed by atoms with E-state index in [1.54, 1.807) is 0 Å². The molecule has 2 heterocycles. The molecular weight excluding hydrogens is 438 g/mol. The van der Waals surface area contributed by atoms with E-state index in [4.69, 9.17) is 9.05 Å². The molecule has 4 nitrogen and oxygen atoms in total. The number of hydrogen-bond donors (Lipinski definition) is 0. The van der Waals surface area contributed by atoms with Gasteiger partial charge in [0.05, 0.1) is 10.6 Å². The Balaban J connectivity index is 1.39. The van der Waals surface area contributed by atoms with Crippen LogP contribution in [0.15, 0.2) is 90.3 Å². The lowest BCUT2D eigenvalue weighted by Gasteiger charge is -2.33. The molecule has 0 spiro atoms. The topological polar surface area (TPSA) is 52.6 Å². The molecule has 0 amide bonds. The molecule has 6 rings (SSSR count). The summed E-state index contributed by atoms with van der Waals surface area (Å²) in [4.78, 5) is 0. The normalized spacial score (nSPS) is 25.0. The van der Waals surface area contributed by atoms with E-state index in [0.717, 1.165) is 40.4 Å². The summed E-state index contributed by atoms with van der Waals surface area (Å²) >= 11 is 0. The summed E-state index contributed by atoms with van der Waals surface area (Å²) in [5, 5.41) is 1.45. The monoisotopic (exact) mass is 460 g/mol. The van der Waals surface area contributed by atoms with Crippen LogP contribution in [0, 0.1) is 0 Å². The average molecular weight is 460 g/mol. The number of rotatable bonds is 3. The molecule has 2 atom stereocenters. The maximum Gasteiger partial charge on any atom is 0.278 e. The van der Waals surface area contributed by atoms with Crippen LogP contribution in [0.3, 0.4) is 0 Å². The highest BCUT2D eigenvalue weighted by Gasteiger charge is 2.42. The van der Waals surface area contributed by atoms with E-state index in [9.17, 15) is 9.13 Å². The third-order valence-corrected chi connectivity index (χ3v) is 11.6. The van der Waals surface area contributed by atoms with Crippen LogP contribution in [-0.4, -0.2) is 12.3 Å². The molecule has 0 fully saturated rings. The van der Waals surface area contributed by atoms with Crippen LogP contribution in [0.1, 0.15) is 18.4 Å². The second kappa shape index (κ2) is 7.37. The SMILES string of the molecule is O=P1(CC[P@]2(=O)Oc3ccccc3C3=C2C=CCC3)Oc2ccccc2-c2ccccc21. The van der Waals surface area contributed by atoms with Crippen molar-refractivity contribution in [1.29, 1.82) is 0 Å². The zero-order valence-electron chi connectivity index (χ0n) is 17.4. The van der Waals surface area contributed by atoms with E-state index in [0.29, 0.717) is 16.8 Å². The minimum absolute atomic E-state index is 0.155. The standard InChI is InChI=1S/C26H22O4P2/c27-31(25-15-7-3-11-21(25)19-9-1-5-13-23(19)29-31)17-18-32(28)26-16-8-4-12-22(26)20-10-2-6-14-24(20)30-32/h1-3,5-11,13-16H,4,12,17-18H2/t31?,32-/m0/s1. The first-order chi connectivity index (χ1) is 15.6. The van der Waals surface area contributed by atoms with Crippen LogP contribution in [0.5, 0.6) is 11.5 Å². The minimum atomic E-state index is -3.28. The summed E-state index contributed by atoms with van der Waals surface area (Å²) in [5.41, 5.74) is 3.96. The lowest BCUT2D eigenvalue weighted by molar-refractivity contribution is 0.478. The number of allylic oxidation sites excluding steroid dienone is 4. The summed E-state index contributed by atoms with van der Waals surface area (Å²) in [6, 6.07) is 23.1. The van der Waals surface area contributed by atoms with Gasteiger partial charge in [0, 0.05) is 23.5 Å².